The van der Waals surface area contributed by atoms with Crippen LogP contribution in [0.15, 0.2) is 24.3 Å². The molecule has 0 radical (unpaired) electrons. The summed E-state index contributed by atoms with van der Waals surface area (Å²) in [6.45, 7) is 6.62. The summed E-state index contributed by atoms with van der Waals surface area (Å²) in [5, 5.41) is 12.1. The second-order valence-corrected chi connectivity index (χ2v) is 6.51. The average molecular weight is 302 g/mol. The van der Waals surface area contributed by atoms with Crippen molar-refractivity contribution in [2.24, 2.45) is 0 Å². The zero-order chi connectivity index (χ0) is 16.2. The van der Waals surface area contributed by atoms with Crippen LogP contribution in [-0.4, -0.2) is 24.9 Å². The van der Waals surface area contributed by atoms with Crippen molar-refractivity contribution in [1.29, 1.82) is 5.26 Å². The van der Waals surface area contributed by atoms with Gasteiger partial charge >= 0.3 is 6.09 Å². The van der Waals surface area contributed by atoms with Crippen LogP contribution >= 0.6 is 0 Å². The first-order valence-corrected chi connectivity index (χ1v) is 7.44. The fraction of sp³-hybridized carbons (Fsp3) is 0.529. The molecule has 0 spiro atoms. The van der Waals surface area contributed by atoms with Gasteiger partial charge in [-0.05, 0) is 51.3 Å². The summed E-state index contributed by atoms with van der Waals surface area (Å²) in [6.07, 6.45) is 0.860. The van der Waals surface area contributed by atoms with Crippen LogP contribution in [0, 0.1) is 11.3 Å². The van der Waals surface area contributed by atoms with Gasteiger partial charge in [0.15, 0.2) is 0 Å². The first-order chi connectivity index (χ1) is 10.3. The number of nitrogens with one attached hydrogen (secondary N) is 1. The van der Waals surface area contributed by atoms with E-state index in [2.05, 4.69) is 11.4 Å². The Balaban J connectivity index is 2.28. The minimum atomic E-state index is -0.551. The molecule has 1 aliphatic heterocycles. The van der Waals surface area contributed by atoms with E-state index in [9.17, 15) is 4.79 Å². The number of alkyl carbamates (subject to hydrolysis) is 1. The van der Waals surface area contributed by atoms with Crippen molar-refractivity contribution >= 4 is 6.09 Å². The molecule has 0 atom stereocenters. The van der Waals surface area contributed by atoms with Crippen molar-refractivity contribution in [2.75, 3.05) is 13.2 Å². The molecular weight excluding hydrogens is 280 g/mol. The predicted octanol–water partition coefficient (Wildman–Crippen LogP) is 3.09. The van der Waals surface area contributed by atoms with E-state index < -0.39 is 17.2 Å². The zero-order valence-electron chi connectivity index (χ0n) is 13.3. The van der Waals surface area contributed by atoms with E-state index in [0.29, 0.717) is 31.6 Å². The molecular formula is C17H22N2O3. The Bertz CT molecular complexity index is 578. The van der Waals surface area contributed by atoms with Gasteiger partial charge < -0.3 is 14.8 Å². The summed E-state index contributed by atoms with van der Waals surface area (Å²) < 4.78 is 10.8. The van der Waals surface area contributed by atoms with Gasteiger partial charge in [0, 0.05) is 13.2 Å². The second-order valence-electron chi connectivity index (χ2n) is 6.51. The van der Waals surface area contributed by atoms with Gasteiger partial charge in [0.2, 0.25) is 0 Å². The van der Waals surface area contributed by atoms with Crippen LogP contribution in [-0.2, 0) is 15.0 Å². The fourth-order valence-corrected chi connectivity index (χ4v) is 2.59. The van der Waals surface area contributed by atoms with E-state index in [0.717, 1.165) is 5.56 Å². The van der Waals surface area contributed by atoms with Gasteiger partial charge in [-0.25, -0.2) is 4.79 Å². The number of hydrogen-bond acceptors (Lipinski definition) is 4. The van der Waals surface area contributed by atoms with Crippen LogP contribution in [0.3, 0.4) is 0 Å². The molecule has 1 aromatic rings. The van der Waals surface area contributed by atoms with Crippen molar-refractivity contribution in [2.45, 2.75) is 44.8 Å². The molecule has 1 fully saturated rings. The van der Waals surface area contributed by atoms with Crippen LogP contribution in [0.25, 0.3) is 0 Å². The molecule has 1 aromatic carbocycles. The lowest BCUT2D eigenvalue weighted by Gasteiger charge is -2.38. The van der Waals surface area contributed by atoms with Crippen LogP contribution in [0.5, 0.6) is 0 Å². The lowest BCUT2D eigenvalue weighted by Crippen LogP contribution is -2.50. The van der Waals surface area contributed by atoms with Crippen molar-refractivity contribution in [3.8, 4) is 6.07 Å². The Kier molecular flexibility index (Phi) is 4.72. The second kappa shape index (κ2) is 6.37. The molecule has 1 N–H and O–H groups in total. The Morgan fingerprint density at radius 1 is 1.36 bits per heavy atom. The van der Waals surface area contributed by atoms with E-state index in [1.165, 1.54) is 0 Å². The molecule has 0 aromatic heterocycles. The quantitative estimate of drug-likeness (QED) is 0.911. The first kappa shape index (κ1) is 16.3. The van der Waals surface area contributed by atoms with Crippen LogP contribution in [0.2, 0.25) is 0 Å². The maximum Gasteiger partial charge on any atom is 0.408 e. The van der Waals surface area contributed by atoms with Crippen molar-refractivity contribution < 1.29 is 14.3 Å². The third-order valence-corrected chi connectivity index (χ3v) is 3.63. The van der Waals surface area contributed by atoms with Crippen LogP contribution in [0.1, 0.15) is 44.7 Å². The maximum atomic E-state index is 12.2. The number of benzene rings is 1. The topological polar surface area (TPSA) is 71.3 Å². The van der Waals surface area contributed by atoms with E-state index in [1.54, 1.807) is 6.07 Å². The zero-order valence-corrected chi connectivity index (χ0v) is 13.3. The molecule has 5 heteroatoms. The van der Waals surface area contributed by atoms with E-state index in [-0.39, 0.29) is 0 Å². The number of ether oxygens (including phenoxy) is 2. The minimum absolute atomic E-state index is 0.447. The standard InChI is InChI=1S/C17H22N2O3/c1-16(2,3)22-15(20)19-17(7-9-21-10-8-17)14-6-4-5-13(11-14)12-18/h4-6,11H,7-10H2,1-3H3,(H,19,20). The number of amides is 1. The molecule has 1 amide bonds. The normalized spacial score (nSPS) is 17.4. The van der Waals surface area contributed by atoms with E-state index in [4.69, 9.17) is 14.7 Å². The van der Waals surface area contributed by atoms with E-state index in [1.807, 2.05) is 39.0 Å². The van der Waals surface area contributed by atoms with Gasteiger partial charge in [0.1, 0.15) is 5.60 Å². The summed E-state index contributed by atoms with van der Waals surface area (Å²) in [4.78, 5) is 12.2. The van der Waals surface area contributed by atoms with E-state index >= 15 is 0 Å². The Morgan fingerprint density at radius 3 is 2.64 bits per heavy atom. The summed E-state index contributed by atoms with van der Waals surface area (Å²) in [6, 6.07) is 9.49. The van der Waals surface area contributed by atoms with Crippen molar-refractivity contribution in [3.63, 3.8) is 0 Å². The smallest absolute Gasteiger partial charge is 0.408 e. The molecule has 1 heterocycles. The highest BCUT2D eigenvalue weighted by Crippen LogP contribution is 2.33. The number of nitriles is 1. The molecule has 0 bridgehead atoms. The summed E-state index contributed by atoms with van der Waals surface area (Å²) in [5.74, 6) is 0. The summed E-state index contributed by atoms with van der Waals surface area (Å²) in [7, 11) is 0. The van der Waals surface area contributed by atoms with Crippen LogP contribution in [0.4, 0.5) is 4.79 Å². The highest BCUT2D eigenvalue weighted by molar-refractivity contribution is 5.69. The van der Waals surface area contributed by atoms with Gasteiger partial charge in [-0.1, -0.05) is 12.1 Å². The number of rotatable bonds is 2. The molecule has 0 unspecified atom stereocenters. The third kappa shape index (κ3) is 3.99. The minimum Gasteiger partial charge on any atom is -0.444 e. The van der Waals surface area contributed by atoms with Gasteiger partial charge in [0.25, 0.3) is 0 Å². The maximum absolute atomic E-state index is 12.2. The molecule has 118 valence electrons. The third-order valence-electron chi connectivity index (χ3n) is 3.63. The van der Waals surface area contributed by atoms with Gasteiger partial charge in [-0.15, -0.1) is 0 Å². The SMILES string of the molecule is CC(C)(C)OC(=O)NC1(c2cccc(C#N)c2)CCOCC1. The highest BCUT2D eigenvalue weighted by Gasteiger charge is 2.37. The highest BCUT2D eigenvalue weighted by atomic mass is 16.6. The molecule has 1 saturated heterocycles. The van der Waals surface area contributed by atoms with Crippen LogP contribution < -0.4 is 5.32 Å². The predicted molar refractivity (Wildman–Crippen MR) is 82.3 cm³/mol. The number of carbonyl (C=O) groups excluding carboxylic acids is 1. The van der Waals surface area contributed by atoms with Gasteiger partial charge in [-0.2, -0.15) is 5.26 Å². The molecule has 0 aliphatic carbocycles. The molecule has 2 rings (SSSR count). The monoisotopic (exact) mass is 302 g/mol. The van der Waals surface area contributed by atoms with Crippen molar-refractivity contribution in [1.82, 2.24) is 5.32 Å². The largest absolute Gasteiger partial charge is 0.444 e. The lowest BCUT2D eigenvalue weighted by atomic mass is 9.82. The van der Waals surface area contributed by atoms with Crippen molar-refractivity contribution in [3.05, 3.63) is 35.4 Å². The molecule has 22 heavy (non-hydrogen) atoms. The van der Waals surface area contributed by atoms with Gasteiger partial charge in [-0.3, -0.25) is 0 Å². The fourth-order valence-electron chi connectivity index (χ4n) is 2.59. The van der Waals surface area contributed by atoms with Gasteiger partial charge in [0.05, 0.1) is 17.2 Å². The number of hydrogen-bond donors (Lipinski definition) is 1. The first-order valence-electron chi connectivity index (χ1n) is 7.44. The summed E-state index contributed by atoms with van der Waals surface area (Å²) in [5.41, 5.74) is 0.397. The average Bonchev–Trinajstić information content (AvgIpc) is 2.46. The Morgan fingerprint density at radius 2 is 2.05 bits per heavy atom. The molecule has 0 saturated carbocycles. The Labute approximate surface area is 131 Å². The lowest BCUT2D eigenvalue weighted by molar-refractivity contribution is 0.0157. The molecule has 1 aliphatic rings. The molecule has 5 nitrogen and oxygen atoms in total. The number of carbonyl (C=O) groups is 1. The number of nitrogens with zero attached hydrogens (tertiary/aromatic N) is 1. The Hall–Kier alpha value is -2.06. The summed E-state index contributed by atoms with van der Waals surface area (Å²) >= 11 is 0.